The molecular formula is C17H24O4. The van der Waals surface area contributed by atoms with Gasteiger partial charge in [-0.25, -0.2) is 0 Å². The summed E-state index contributed by atoms with van der Waals surface area (Å²) in [5.41, 5.74) is 1.21. The van der Waals surface area contributed by atoms with E-state index in [2.05, 4.69) is 20.8 Å². The molecule has 0 aromatic heterocycles. The second-order valence-corrected chi connectivity index (χ2v) is 7.15. The minimum atomic E-state index is -0.729. The van der Waals surface area contributed by atoms with Crippen LogP contribution in [0.25, 0.3) is 0 Å². The van der Waals surface area contributed by atoms with Crippen LogP contribution in [0, 0.1) is 11.3 Å². The highest BCUT2D eigenvalue weighted by Crippen LogP contribution is 2.46. The Morgan fingerprint density at radius 3 is 2.05 bits per heavy atom. The molecular weight excluding hydrogens is 268 g/mol. The van der Waals surface area contributed by atoms with E-state index in [0.717, 1.165) is 31.2 Å². The summed E-state index contributed by atoms with van der Waals surface area (Å²) >= 11 is 0. The van der Waals surface area contributed by atoms with E-state index in [-0.39, 0.29) is 0 Å². The lowest BCUT2D eigenvalue weighted by molar-refractivity contribution is -0.634. The van der Waals surface area contributed by atoms with Crippen LogP contribution in [-0.4, -0.2) is 5.79 Å². The van der Waals surface area contributed by atoms with Crippen molar-refractivity contribution in [2.24, 2.45) is 11.3 Å². The lowest BCUT2D eigenvalue weighted by Crippen LogP contribution is -2.45. The molecule has 1 spiro atoms. The Morgan fingerprint density at radius 1 is 0.952 bits per heavy atom. The van der Waals surface area contributed by atoms with Gasteiger partial charge in [-0.15, -0.1) is 0 Å². The van der Waals surface area contributed by atoms with Crippen molar-refractivity contribution >= 4 is 0 Å². The van der Waals surface area contributed by atoms with Crippen molar-refractivity contribution in [1.82, 2.24) is 0 Å². The van der Waals surface area contributed by atoms with Crippen LogP contribution in [0.15, 0.2) is 30.3 Å². The number of benzene rings is 1. The molecule has 3 rings (SSSR count). The average molecular weight is 292 g/mol. The van der Waals surface area contributed by atoms with E-state index in [0.29, 0.717) is 11.3 Å². The summed E-state index contributed by atoms with van der Waals surface area (Å²) < 4.78 is 0. The third-order valence-electron chi connectivity index (χ3n) is 4.62. The lowest BCUT2D eigenvalue weighted by Gasteiger charge is -2.44. The van der Waals surface area contributed by atoms with Gasteiger partial charge < -0.3 is 0 Å². The number of hydrogen-bond acceptors (Lipinski definition) is 4. The Morgan fingerprint density at radius 2 is 1.52 bits per heavy atom. The minimum absolute atomic E-state index is 0.324. The summed E-state index contributed by atoms with van der Waals surface area (Å²) in [5, 5.41) is 0. The largest absolute Gasteiger partial charge is 0.249 e. The fourth-order valence-corrected chi connectivity index (χ4v) is 3.10. The Kier molecular flexibility index (Phi) is 4.06. The zero-order valence-corrected chi connectivity index (χ0v) is 13.0. The van der Waals surface area contributed by atoms with Gasteiger partial charge in [0.2, 0.25) is 12.1 Å². The Hall–Kier alpha value is -0.940. The number of hydrogen-bond donors (Lipinski definition) is 0. The number of rotatable bonds is 1. The molecule has 1 aliphatic heterocycles. The summed E-state index contributed by atoms with van der Waals surface area (Å²) in [6.07, 6.45) is 3.11. The molecule has 4 nitrogen and oxygen atoms in total. The van der Waals surface area contributed by atoms with E-state index < -0.39 is 12.1 Å². The molecule has 4 heteroatoms. The van der Waals surface area contributed by atoms with Crippen molar-refractivity contribution in [3.05, 3.63) is 35.9 Å². The molecule has 1 heterocycles. The van der Waals surface area contributed by atoms with Crippen LogP contribution in [0.1, 0.15) is 58.3 Å². The first-order chi connectivity index (χ1) is 9.99. The molecule has 1 aromatic rings. The van der Waals surface area contributed by atoms with Crippen molar-refractivity contribution in [3.63, 3.8) is 0 Å². The highest BCUT2D eigenvalue weighted by atomic mass is 17.4. The Labute approximate surface area is 126 Å². The van der Waals surface area contributed by atoms with Gasteiger partial charge in [0.05, 0.1) is 0 Å². The molecule has 0 bridgehead atoms. The maximum atomic E-state index is 5.59. The average Bonchev–Trinajstić information content (AvgIpc) is 2.48. The van der Waals surface area contributed by atoms with E-state index in [1.165, 1.54) is 0 Å². The fourth-order valence-electron chi connectivity index (χ4n) is 3.10. The zero-order valence-electron chi connectivity index (χ0n) is 13.0. The van der Waals surface area contributed by atoms with Crippen LogP contribution in [0.4, 0.5) is 0 Å². The first-order valence-electron chi connectivity index (χ1n) is 7.72. The first kappa shape index (κ1) is 15.0. The monoisotopic (exact) mass is 292 g/mol. The molecule has 0 N–H and O–H groups in total. The van der Waals surface area contributed by atoms with Crippen LogP contribution in [0.3, 0.4) is 0 Å². The van der Waals surface area contributed by atoms with Crippen molar-refractivity contribution in [3.8, 4) is 0 Å². The van der Waals surface area contributed by atoms with E-state index in [9.17, 15) is 0 Å². The minimum Gasteiger partial charge on any atom is -0.195 e. The SMILES string of the molecule is CC(C)(C)C1CCC2(CC1)OOC(c1ccccc1)OO2. The molecule has 1 aromatic carbocycles. The van der Waals surface area contributed by atoms with Gasteiger partial charge in [-0.05, 0) is 24.2 Å². The summed E-state index contributed by atoms with van der Waals surface area (Å²) in [6.45, 7) is 6.87. The Balaban J connectivity index is 1.57. The third-order valence-corrected chi connectivity index (χ3v) is 4.62. The molecule has 1 aliphatic carbocycles. The van der Waals surface area contributed by atoms with Gasteiger partial charge in [0.15, 0.2) is 0 Å². The lowest BCUT2D eigenvalue weighted by atomic mass is 9.71. The van der Waals surface area contributed by atoms with Gasteiger partial charge in [-0.3, -0.25) is 0 Å². The van der Waals surface area contributed by atoms with Gasteiger partial charge in [0.1, 0.15) is 0 Å². The van der Waals surface area contributed by atoms with Crippen molar-refractivity contribution in [1.29, 1.82) is 0 Å². The highest BCUT2D eigenvalue weighted by molar-refractivity contribution is 5.15. The standard InChI is InChI=1S/C17H24O4/c1-16(2,3)14-9-11-17(12-10-14)20-18-15(19-21-17)13-7-5-4-6-8-13/h4-8,14-15H,9-12H2,1-3H3. The van der Waals surface area contributed by atoms with E-state index >= 15 is 0 Å². The predicted octanol–water partition coefficient (Wildman–Crippen LogP) is 4.53. The maximum Gasteiger partial charge on any atom is 0.249 e. The summed E-state index contributed by atoms with van der Waals surface area (Å²) in [7, 11) is 0. The van der Waals surface area contributed by atoms with Gasteiger partial charge >= 0.3 is 0 Å². The first-order valence-corrected chi connectivity index (χ1v) is 7.72. The predicted molar refractivity (Wildman–Crippen MR) is 77.7 cm³/mol. The van der Waals surface area contributed by atoms with Gasteiger partial charge in [0, 0.05) is 18.4 Å². The maximum absolute atomic E-state index is 5.59. The molecule has 21 heavy (non-hydrogen) atoms. The second kappa shape index (κ2) is 5.69. The smallest absolute Gasteiger partial charge is 0.195 e. The molecule has 0 amide bonds. The van der Waals surface area contributed by atoms with Crippen LogP contribution < -0.4 is 0 Å². The molecule has 1 saturated heterocycles. The second-order valence-electron chi connectivity index (χ2n) is 7.15. The van der Waals surface area contributed by atoms with Gasteiger partial charge in [-0.2, -0.15) is 19.6 Å². The molecule has 116 valence electrons. The van der Waals surface area contributed by atoms with Gasteiger partial charge in [-0.1, -0.05) is 51.1 Å². The van der Waals surface area contributed by atoms with Crippen LogP contribution in [0.2, 0.25) is 0 Å². The quantitative estimate of drug-likeness (QED) is 0.713. The normalized spacial score (nSPS) is 34.0. The molecule has 2 fully saturated rings. The topological polar surface area (TPSA) is 36.9 Å². The van der Waals surface area contributed by atoms with Crippen LogP contribution in [-0.2, 0) is 19.6 Å². The van der Waals surface area contributed by atoms with E-state index in [4.69, 9.17) is 19.6 Å². The van der Waals surface area contributed by atoms with E-state index in [1.807, 2.05) is 30.3 Å². The van der Waals surface area contributed by atoms with E-state index in [1.54, 1.807) is 0 Å². The van der Waals surface area contributed by atoms with Gasteiger partial charge in [0.25, 0.3) is 0 Å². The van der Waals surface area contributed by atoms with Crippen LogP contribution >= 0.6 is 0 Å². The molecule has 0 atom stereocenters. The summed E-state index contributed by atoms with van der Waals surface area (Å²) in [4.78, 5) is 22.0. The fraction of sp³-hybridized carbons (Fsp3) is 0.647. The van der Waals surface area contributed by atoms with Crippen molar-refractivity contribution < 1.29 is 19.6 Å². The summed E-state index contributed by atoms with van der Waals surface area (Å²) in [6, 6.07) is 9.66. The summed E-state index contributed by atoms with van der Waals surface area (Å²) in [5.74, 6) is -0.0466. The third kappa shape index (κ3) is 3.29. The highest BCUT2D eigenvalue weighted by Gasteiger charge is 2.46. The van der Waals surface area contributed by atoms with Crippen LogP contribution in [0.5, 0.6) is 0 Å². The molecule has 0 unspecified atom stereocenters. The zero-order chi connectivity index (χ0) is 14.9. The molecule has 0 radical (unpaired) electrons. The van der Waals surface area contributed by atoms with Crippen molar-refractivity contribution in [2.75, 3.05) is 0 Å². The van der Waals surface area contributed by atoms with Crippen molar-refractivity contribution in [2.45, 2.75) is 58.5 Å². The Bertz CT molecular complexity index is 447. The molecule has 1 saturated carbocycles. The molecule has 2 aliphatic rings.